The lowest BCUT2D eigenvalue weighted by atomic mass is 10.2. The smallest absolute Gasteiger partial charge is 0.234 e. The predicted octanol–water partition coefficient (Wildman–Crippen LogP) is 3.73. The highest BCUT2D eigenvalue weighted by atomic mass is 32.2. The molecule has 1 aromatic heterocycles. The van der Waals surface area contributed by atoms with Crippen molar-refractivity contribution in [1.82, 2.24) is 19.7 Å². The third-order valence-corrected chi connectivity index (χ3v) is 5.75. The maximum absolute atomic E-state index is 14.0. The zero-order valence-electron chi connectivity index (χ0n) is 15.9. The van der Waals surface area contributed by atoms with Crippen LogP contribution in [0.25, 0.3) is 5.69 Å². The minimum Gasteiger partial charge on any atom is -0.325 e. The largest absolute Gasteiger partial charge is 0.325 e. The molecule has 1 amide bonds. The molecule has 2 heterocycles. The van der Waals surface area contributed by atoms with Crippen LogP contribution in [0.2, 0.25) is 0 Å². The van der Waals surface area contributed by atoms with Gasteiger partial charge in [-0.15, -0.1) is 10.2 Å². The Bertz CT molecular complexity index is 969. The number of aromatic nitrogens is 3. The second kappa shape index (κ2) is 9.19. The molecular weight excluding hydrogens is 389 g/mol. The van der Waals surface area contributed by atoms with Crippen molar-refractivity contribution in [2.75, 3.05) is 24.2 Å². The molecule has 1 N–H and O–H groups in total. The maximum atomic E-state index is 14.0. The number of carbonyl (C=O) groups excluding carboxylic acids is 1. The molecule has 0 atom stereocenters. The number of likely N-dealkylation sites (tertiary alicyclic amines) is 1. The number of hydrogen-bond donors (Lipinski definition) is 1. The first-order chi connectivity index (χ1) is 14.2. The van der Waals surface area contributed by atoms with Gasteiger partial charge in [-0.1, -0.05) is 36.0 Å². The van der Waals surface area contributed by atoms with E-state index in [1.807, 2.05) is 12.1 Å². The SMILES string of the molecule is O=C(CSc1nncn1-c1ccccc1F)Nc1ccc(CN2CCCC2)cc1. The average Bonchev–Trinajstić information content (AvgIpc) is 3.40. The quantitative estimate of drug-likeness (QED) is 0.600. The normalized spacial score (nSPS) is 14.2. The van der Waals surface area contributed by atoms with E-state index in [4.69, 9.17) is 0 Å². The summed E-state index contributed by atoms with van der Waals surface area (Å²) >= 11 is 1.21. The molecule has 0 radical (unpaired) electrons. The van der Waals surface area contributed by atoms with Crippen LogP contribution in [0.1, 0.15) is 18.4 Å². The topological polar surface area (TPSA) is 63.1 Å². The lowest BCUT2D eigenvalue weighted by Crippen LogP contribution is -2.18. The van der Waals surface area contributed by atoms with Crippen molar-refractivity contribution in [3.05, 3.63) is 66.2 Å². The Morgan fingerprint density at radius 3 is 2.62 bits per heavy atom. The second-order valence-electron chi connectivity index (χ2n) is 6.95. The molecule has 6 nitrogen and oxygen atoms in total. The molecule has 0 aliphatic carbocycles. The first-order valence-electron chi connectivity index (χ1n) is 9.58. The van der Waals surface area contributed by atoms with Crippen LogP contribution in [0.3, 0.4) is 0 Å². The first kappa shape index (κ1) is 19.6. The molecule has 1 aliphatic rings. The third-order valence-electron chi connectivity index (χ3n) is 4.80. The Balaban J connectivity index is 1.32. The number of carbonyl (C=O) groups is 1. The van der Waals surface area contributed by atoms with Crippen LogP contribution in [0.15, 0.2) is 60.0 Å². The molecule has 0 saturated carbocycles. The Kier molecular flexibility index (Phi) is 6.21. The summed E-state index contributed by atoms with van der Waals surface area (Å²) in [4.78, 5) is 14.8. The van der Waals surface area contributed by atoms with Crippen LogP contribution in [0, 0.1) is 5.82 Å². The van der Waals surface area contributed by atoms with Gasteiger partial charge in [0.15, 0.2) is 5.16 Å². The number of para-hydroxylation sites is 1. The highest BCUT2D eigenvalue weighted by molar-refractivity contribution is 7.99. The van der Waals surface area contributed by atoms with Gasteiger partial charge in [0.05, 0.1) is 11.4 Å². The summed E-state index contributed by atoms with van der Waals surface area (Å²) in [5.74, 6) is -0.360. The van der Waals surface area contributed by atoms with E-state index in [1.54, 1.807) is 22.8 Å². The molecule has 1 saturated heterocycles. The molecule has 3 aromatic rings. The van der Waals surface area contributed by atoms with Crippen molar-refractivity contribution in [3.8, 4) is 5.69 Å². The van der Waals surface area contributed by atoms with E-state index in [9.17, 15) is 9.18 Å². The number of anilines is 1. The number of benzene rings is 2. The summed E-state index contributed by atoms with van der Waals surface area (Å²) in [5, 5.41) is 11.2. The van der Waals surface area contributed by atoms with Crippen LogP contribution >= 0.6 is 11.8 Å². The van der Waals surface area contributed by atoms with Gasteiger partial charge in [-0.2, -0.15) is 0 Å². The third kappa shape index (κ3) is 5.02. The van der Waals surface area contributed by atoms with Crippen molar-refractivity contribution in [2.24, 2.45) is 0 Å². The number of nitrogens with one attached hydrogen (secondary N) is 1. The molecule has 0 unspecified atom stereocenters. The van der Waals surface area contributed by atoms with Crippen LogP contribution < -0.4 is 5.32 Å². The van der Waals surface area contributed by atoms with E-state index >= 15 is 0 Å². The number of rotatable bonds is 7. The van der Waals surface area contributed by atoms with Crippen molar-refractivity contribution in [3.63, 3.8) is 0 Å². The number of hydrogen-bond acceptors (Lipinski definition) is 5. The zero-order valence-corrected chi connectivity index (χ0v) is 16.7. The number of nitrogens with zero attached hydrogens (tertiary/aromatic N) is 4. The molecule has 4 rings (SSSR count). The Labute approximate surface area is 173 Å². The molecule has 2 aromatic carbocycles. The van der Waals surface area contributed by atoms with Crippen LogP contribution in [-0.2, 0) is 11.3 Å². The summed E-state index contributed by atoms with van der Waals surface area (Å²) in [6.07, 6.45) is 3.99. The summed E-state index contributed by atoms with van der Waals surface area (Å²) in [6.45, 7) is 3.27. The van der Waals surface area contributed by atoms with E-state index in [0.29, 0.717) is 10.8 Å². The van der Waals surface area contributed by atoms with Crippen molar-refractivity contribution in [1.29, 1.82) is 0 Å². The molecule has 29 heavy (non-hydrogen) atoms. The highest BCUT2D eigenvalue weighted by Crippen LogP contribution is 2.22. The van der Waals surface area contributed by atoms with Gasteiger partial charge in [0, 0.05) is 12.2 Å². The van der Waals surface area contributed by atoms with Crippen molar-refractivity contribution >= 4 is 23.4 Å². The van der Waals surface area contributed by atoms with E-state index in [2.05, 4.69) is 32.5 Å². The van der Waals surface area contributed by atoms with Crippen molar-refractivity contribution < 1.29 is 9.18 Å². The fourth-order valence-electron chi connectivity index (χ4n) is 3.35. The lowest BCUT2D eigenvalue weighted by Gasteiger charge is -2.14. The number of halogens is 1. The Hall–Kier alpha value is -2.71. The standard InChI is InChI=1S/C21H22FN5OS/c22-18-5-1-2-6-19(18)27-15-23-25-21(27)29-14-20(28)24-17-9-7-16(8-10-17)13-26-11-3-4-12-26/h1-2,5-10,15H,3-4,11-14H2,(H,24,28). The van der Waals surface area contributed by atoms with Gasteiger partial charge in [-0.05, 0) is 55.8 Å². The van der Waals surface area contributed by atoms with Crippen LogP contribution in [0.4, 0.5) is 10.1 Å². The van der Waals surface area contributed by atoms with Crippen LogP contribution in [0.5, 0.6) is 0 Å². The minimum absolute atomic E-state index is 0.148. The van der Waals surface area contributed by atoms with E-state index in [-0.39, 0.29) is 17.5 Å². The second-order valence-corrected chi connectivity index (χ2v) is 7.89. The zero-order chi connectivity index (χ0) is 20.1. The minimum atomic E-state index is -0.368. The molecule has 0 spiro atoms. The van der Waals surface area contributed by atoms with Gasteiger partial charge in [0.2, 0.25) is 5.91 Å². The van der Waals surface area contributed by atoms with Gasteiger partial charge >= 0.3 is 0 Å². The van der Waals surface area contributed by atoms with E-state index < -0.39 is 0 Å². The van der Waals surface area contributed by atoms with Crippen LogP contribution in [-0.4, -0.2) is 44.4 Å². The van der Waals surface area contributed by atoms with Gasteiger partial charge in [0.1, 0.15) is 12.1 Å². The number of thioether (sulfide) groups is 1. The molecular formula is C21H22FN5OS. The van der Waals surface area contributed by atoms with Gasteiger partial charge < -0.3 is 5.32 Å². The van der Waals surface area contributed by atoms with E-state index in [1.165, 1.54) is 42.6 Å². The highest BCUT2D eigenvalue weighted by Gasteiger charge is 2.14. The maximum Gasteiger partial charge on any atom is 0.234 e. The lowest BCUT2D eigenvalue weighted by molar-refractivity contribution is -0.113. The fraction of sp³-hybridized carbons (Fsp3) is 0.286. The Morgan fingerprint density at radius 1 is 1.10 bits per heavy atom. The molecule has 0 bridgehead atoms. The van der Waals surface area contributed by atoms with Gasteiger partial charge in [-0.3, -0.25) is 14.3 Å². The first-order valence-corrected chi connectivity index (χ1v) is 10.6. The summed E-state index contributed by atoms with van der Waals surface area (Å²) in [5.41, 5.74) is 2.36. The fourth-order valence-corrected chi connectivity index (χ4v) is 4.08. The van der Waals surface area contributed by atoms with Gasteiger partial charge in [0.25, 0.3) is 0 Å². The monoisotopic (exact) mass is 411 g/mol. The van der Waals surface area contributed by atoms with E-state index in [0.717, 1.165) is 25.3 Å². The summed E-state index contributed by atoms with van der Waals surface area (Å²) in [6, 6.07) is 14.3. The Morgan fingerprint density at radius 2 is 1.86 bits per heavy atom. The molecule has 1 fully saturated rings. The number of amides is 1. The molecule has 8 heteroatoms. The van der Waals surface area contributed by atoms with Crippen molar-refractivity contribution in [2.45, 2.75) is 24.5 Å². The summed E-state index contributed by atoms with van der Waals surface area (Å²) in [7, 11) is 0. The molecule has 150 valence electrons. The average molecular weight is 412 g/mol. The predicted molar refractivity (Wildman–Crippen MR) is 112 cm³/mol. The summed E-state index contributed by atoms with van der Waals surface area (Å²) < 4.78 is 15.6. The molecule has 1 aliphatic heterocycles. The van der Waals surface area contributed by atoms with Gasteiger partial charge in [-0.25, -0.2) is 4.39 Å².